The van der Waals surface area contributed by atoms with Crippen LogP contribution in [0.1, 0.15) is 43.1 Å². The van der Waals surface area contributed by atoms with Crippen LogP contribution in [0.2, 0.25) is 0 Å². The van der Waals surface area contributed by atoms with E-state index in [0.29, 0.717) is 0 Å². The standard InChI is InChI=1S/C24H22F2N6O4/c1-12(2)27-21(34)13-3-7-16-19(9-13)32-23(31(22(16)35)15-5-6-15)29-30(24(32)36)11-20(33)28-18-10-14(25)4-8-17(18)26/h3-4,7-10,12,15H,5-6,11H2,1-2H3,(H,27,34)(H,28,33). The molecule has 1 aliphatic carbocycles. The van der Waals surface area contributed by atoms with Crippen LogP contribution in [0.15, 0.2) is 46.0 Å². The van der Waals surface area contributed by atoms with Gasteiger partial charge in [0.2, 0.25) is 11.7 Å². The first-order chi connectivity index (χ1) is 17.1. The second kappa shape index (κ2) is 8.70. The minimum Gasteiger partial charge on any atom is -0.350 e. The summed E-state index contributed by atoms with van der Waals surface area (Å²) in [5.41, 5.74) is -1.03. The summed E-state index contributed by atoms with van der Waals surface area (Å²) in [4.78, 5) is 51.7. The van der Waals surface area contributed by atoms with E-state index in [1.807, 2.05) is 0 Å². The highest BCUT2D eigenvalue weighted by Gasteiger charge is 2.30. The van der Waals surface area contributed by atoms with Crippen LogP contribution < -0.4 is 21.9 Å². The zero-order chi connectivity index (χ0) is 25.7. The first-order valence-electron chi connectivity index (χ1n) is 11.4. The number of nitrogens with one attached hydrogen (secondary N) is 2. The van der Waals surface area contributed by atoms with Gasteiger partial charge in [0.25, 0.3) is 11.5 Å². The first-order valence-corrected chi connectivity index (χ1v) is 11.4. The minimum atomic E-state index is -0.840. The molecule has 2 N–H and O–H groups in total. The molecule has 0 saturated heterocycles. The molecule has 2 amide bonds. The van der Waals surface area contributed by atoms with Crippen molar-refractivity contribution < 1.29 is 18.4 Å². The highest BCUT2D eigenvalue weighted by Crippen LogP contribution is 2.35. The second-order valence-corrected chi connectivity index (χ2v) is 9.01. The molecule has 1 aliphatic rings. The Balaban J connectivity index is 1.62. The van der Waals surface area contributed by atoms with E-state index in [0.717, 1.165) is 35.7 Å². The summed E-state index contributed by atoms with van der Waals surface area (Å²) >= 11 is 0. The van der Waals surface area contributed by atoms with Gasteiger partial charge in [-0.05, 0) is 57.0 Å². The maximum atomic E-state index is 13.9. The van der Waals surface area contributed by atoms with E-state index in [2.05, 4.69) is 15.7 Å². The third kappa shape index (κ3) is 4.14. The maximum absolute atomic E-state index is 13.9. The van der Waals surface area contributed by atoms with Crippen LogP contribution in [0.3, 0.4) is 0 Å². The predicted molar refractivity (Wildman–Crippen MR) is 127 cm³/mol. The van der Waals surface area contributed by atoms with Gasteiger partial charge >= 0.3 is 5.69 Å². The Morgan fingerprint density at radius 2 is 1.86 bits per heavy atom. The molecule has 186 valence electrons. The SMILES string of the molecule is CC(C)NC(=O)c1ccc2c(=O)n(C3CC3)c3nn(CC(=O)Nc4cc(F)ccc4F)c(=O)n3c2c1. The van der Waals surface area contributed by atoms with Gasteiger partial charge in [-0.3, -0.25) is 19.0 Å². The lowest BCUT2D eigenvalue weighted by Gasteiger charge is -2.11. The van der Waals surface area contributed by atoms with Crippen LogP contribution in [-0.2, 0) is 11.3 Å². The van der Waals surface area contributed by atoms with E-state index in [1.165, 1.54) is 27.2 Å². The monoisotopic (exact) mass is 496 g/mol. The van der Waals surface area contributed by atoms with Crippen molar-refractivity contribution in [3.8, 4) is 0 Å². The van der Waals surface area contributed by atoms with E-state index < -0.39 is 29.8 Å². The van der Waals surface area contributed by atoms with Gasteiger partial charge in [0, 0.05) is 23.7 Å². The van der Waals surface area contributed by atoms with Gasteiger partial charge in [0.05, 0.1) is 16.6 Å². The van der Waals surface area contributed by atoms with E-state index in [1.54, 1.807) is 13.8 Å². The number of halogens is 2. The number of anilines is 1. The van der Waals surface area contributed by atoms with Gasteiger partial charge in [0.1, 0.15) is 18.2 Å². The summed E-state index contributed by atoms with van der Waals surface area (Å²) in [5, 5.41) is 9.45. The Hall–Kier alpha value is -4.35. The number of fused-ring (bicyclic) bond motifs is 3. The molecule has 0 unspecified atom stereocenters. The number of aromatic nitrogens is 4. The van der Waals surface area contributed by atoms with Crippen LogP contribution >= 0.6 is 0 Å². The van der Waals surface area contributed by atoms with Gasteiger partial charge in [-0.1, -0.05) is 0 Å². The normalized spacial score (nSPS) is 13.5. The number of hydrogen-bond acceptors (Lipinski definition) is 5. The largest absolute Gasteiger partial charge is 0.352 e. The molecule has 0 spiro atoms. The Labute approximate surface area is 202 Å². The highest BCUT2D eigenvalue weighted by atomic mass is 19.1. The Kier molecular flexibility index (Phi) is 5.65. The molecule has 4 aromatic rings. The molecule has 2 heterocycles. The lowest BCUT2D eigenvalue weighted by molar-refractivity contribution is -0.117. The molecule has 2 aromatic heterocycles. The predicted octanol–water partition coefficient (Wildman–Crippen LogP) is 2.20. The van der Waals surface area contributed by atoms with E-state index in [4.69, 9.17) is 0 Å². The van der Waals surface area contributed by atoms with Gasteiger partial charge in [-0.25, -0.2) is 22.7 Å². The molecule has 36 heavy (non-hydrogen) atoms. The Morgan fingerprint density at radius 3 is 2.56 bits per heavy atom. The third-order valence-electron chi connectivity index (χ3n) is 5.82. The Bertz CT molecular complexity index is 1670. The number of rotatable bonds is 6. The van der Waals surface area contributed by atoms with Crippen molar-refractivity contribution in [2.45, 2.75) is 45.3 Å². The van der Waals surface area contributed by atoms with E-state index >= 15 is 0 Å². The average Bonchev–Trinajstić information content (AvgIpc) is 3.60. The zero-order valence-electron chi connectivity index (χ0n) is 19.4. The fourth-order valence-corrected chi connectivity index (χ4v) is 4.05. The van der Waals surface area contributed by atoms with Crippen molar-refractivity contribution in [3.05, 3.63) is 74.4 Å². The van der Waals surface area contributed by atoms with Crippen molar-refractivity contribution in [1.82, 2.24) is 24.1 Å². The number of hydrogen-bond donors (Lipinski definition) is 2. The van der Waals surface area contributed by atoms with Gasteiger partial charge in [-0.2, -0.15) is 0 Å². The Morgan fingerprint density at radius 1 is 1.11 bits per heavy atom. The van der Waals surface area contributed by atoms with Crippen LogP contribution in [0, 0.1) is 11.6 Å². The van der Waals surface area contributed by atoms with Crippen molar-refractivity contribution in [1.29, 1.82) is 0 Å². The first kappa shape index (κ1) is 23.4. The summed E-state index contributed by atoms with van der Waals surface area (Å²) < 4.78 is 30.8. The fourth-order valence-electron chi connectivity index (χ4n) is 4.05. The van der Waals surface area contributed by atoms with Crippen molar-refractivity contribution >= 4 is 34.2 Å². The molecule has 2 aromatic carbocycles. The number of carbonyl (C=O) groups is 2. The maximum Gasteiger partial charge on any atom is 0.352 e. The van der Waals surface area contributed by atoms with Crippen molar-refractivity contribution in [2.24, 2.45) is 0 Å². The van der Waals surface area contributed by atoms with Crippen molar-refractivity contribution in [2.75, 3.05) is 5.32 Å². The topological polar surface area (TPSA) is 120 Å². The highest BCUT2D eigenvalue weighted by molar-refractivity contribution is 5.98. The number of carbonyl (C=O) groups excluding carboxylic acids is 2. The molecule has 1 saturated carbocycles. The smallest absolute Gasteiger partial charge is 0.350 e. The lowest BCUT2D eigenvalue weighted by atomic mass is 10.1. The van der Waals surface area contributed by atoms with E-state index in [-0.39, 0.29) is 51.5 Å². The lowest BCUT2D eigenvalue weighted by Crippen LogP contribution is -2.31. The van der Waals surface area contributed by atoms with Crippen LogP contribution in [0.25, 0.3) is 16.7 Å². The number of benzene rings is 2. The summed E-state index contributed by atoms with van der Waals surface area (Å²) in [6.07, 6.45) is 1.46. The number of amides is 2. The van der Waals surface area contributed by atoms with Crippen LogP contribution in [-0.4, -0.2) is 36.6 Å². The molecule has 0 bridgehead atoms. The summed E-state index contributed by atoms with van der Waals surface area (Å²) in [6.45, 7) is 3.01. The molecule has 10 nitrogen and oxygen atoms in total. The molecule has 1 fully saturated rings. The fraction of sp³-hybridized carbons (Fsp3) is 0.292. The summed E-state index contributed by atoms with van der Waals surface area (Å²) in [5.74, 6) is -2.73. The zero-order valence-corrected chi connectivity index (χ0v) is 19.4. The second-order valence-electron chi connectivity index (χ2n) is 9.01. The summed E-state index contributed by atoms with van der Waals surface area (Å²) in [6, 6.07) is 6.79. The van der Waals surface area contributed by atoms with Gasteiger partial charge in [-0.15, -0.1) is 5.10 Å². The summed E-state index contributed by atoms with van der Waals surface area (Å²) in [7, 11) is 0. The van der Waals surface area contributed by atoms with Crippen LogP contribution in [0.4, 0.5) is 14.5 Å². The molecular weight excluding hydrogens is 474 g/mol. The molecule has 0 atom stereocenters. The molecule has 12 heteroatoms. The van der Waals surface area contributed by atoms with Gasteiger partial charge < -0.3 is 10.6 Å². The molecule has 0 radical (unpaired) electrons. The van der Waals surface area contributed by atoms with E-state index in [9.17, 15) is 28.0 Å². The van der Waals surface area contributed by atoms with Gasteiger partial charge in [0.15, 0.2) is 0 Å². The quantitative estimate of drug-likeness (QED) is 0.424. The van der Waals surface area contributed by atoms with Crippen molar-refractivity contribution in [3.63, 3.8) is 0 Å². The molecular formula is C24H22F2N6O4. The molecule has 5 rings (SSSR count). The average molecular weight is 496 g/mol. The number of nitrogens with zero attached hydrogens (tertiary/aromatic N) is 4. The minimum absolute atomic E-state index is 0.0335. The molecule has 0 aliphatic heterocycles. The van der Waals surface area contributed by atoms with Crippen LogP contribution in [0.5, 0.6) is 0 Å². The third-order valence-corrected chi connectivity index (χ3v) is 5.82.